The minimum absolute atomic E-state index is 0.196. The summed E-state index contributed by atoms with van der Waals surface area (Å²) in [4.78, 5) is 30.7. The van der Waals surface area contributed by atoms with Gasteiger partial charge in [0.2, 0.25) is 5.91 Å². The lowest BCUT2D eigenvalue weighted by atomic mass is 10.1. The SMILES string of the molecule is O=C(CN1CCCN(C(=O)[C@H](O)c2ccccc2)CC1)N1CCCC1. The van der Waals surface area contributed by atoms with Gasteiger partial charge in [0.15, 0.2) is 6.10 Å². The number of aliphatic hydroxyl groups excluding tert-OH is 1. The average molecular weight is 345 g/mol. The Morgan fingerprint density at radius 1 is 0.880 bits per heavy atom. The fourth-order valence-electron chi connectivity index (χ4n) is 3.56. The molecule has 2 aliphatic heterocycles. The standard InChI is InChI=1S/C19H27N3O3/c23-17(21-10-4-5-11-21)15-20-9-6-12-22(14-13-20)19(25)18(24)16-7-2-1-3-8-16/h1-3,7-8,18,24H,4-6,9-15H2/t18-/m1/s1. The molecule has 2 heterocycles. The van der Waals surface area contributed by atoms with Crippen LogP contribution in [0.2, 0.25) is 0 Å². The lowest BCUT2D eigenvalue weighted by molar-refractivity contribution is -0.140. The van der Waals surface area contributed by atoms with Crippen LogP contribution in [0.5, 0.6) is 0 Å². The number of hydrogen-bond acceptors (Lipinski definition) is 4. The van der Waals surface area contributed by atoms with Crippen molar-refractivity contribution in [2.24, 2.45) is 0 Å². The fraction of sp³-hybridized carbons (Fsp3) is 0.579. The van der Waals surface area contributed by atoms with E-state index in [1.807, 2.05) is 23.1 Å². The van der Waals surface area contributed by atoms with Crippen LogP contribution in [0.15, 0.2) is 30.3 Å². The zero-order valence-corrected chi connectivity index (χ0v) is 14.6. The summed E-state index contributed by atoms with van der Waals surface area (Å²) < 4.78 is 0. The molecule has 6 heteroatoms. The maximum absolute atomic E-state index is 12.6. The molecule has 3 rings (SSSR count). The monoisotopic (exact) mass is 345 g/mol. The average Bonchev–Trinajstić information content (AvgIpc) is 3.09. The van der Waals surface area contributed by atoms with Crippen LogP contribution in [0.25, 0.3) is 0 Å². The Morgan fingerprint density at radius 3 is 2.28 bits per heavy atom. The van der Waals surface area contributed by atoms with Crippen LogP contribution in [-0.4, -0.2) is 77.4 Å². The van der Waals surface area contributed by atoms with Gasteiger partial charge in [-0.15, -0.1) is 0 Å². The van der Waals surface area contributed by atoms with Crippen molar-refractivity contribution in [3.8, 4) is 0 Å². The smallest absolute Gasteiger partial charge is 0.256 e. The minimum atomic E-state index is -1.11. The Balaban J connectivity index is 1.52. The van der Waals surface area contributed by atoms with E-state index in [-0.39, 0.29) is 11.8 Å². The summed E-state index contributed by atoms with van der Waals surface area (Å²) in [6.07, 6.45) is 1.91. The van der Waals surface area contributed by atoms with Crippen LogP contribution in [0.4, 0.5) is 0 Å². The predicted octanol–water partition coefficient (Wildman–Crippen LogP) is 0.877. The first-order valence-electron chi connectivity index (χ1n) is 9.17. The maximum Gasteiger partial charge on any atom is 0.256 e. The molecule has 1 N–H and O–H groups in total. The molecular formula is C19H27N3O3. The van der Waals surface area contributed by atoms with Gasteiger partial charge < -0.3 is 14.9 Å². The second-order valence-electron chi connectivity index (χ2n) is 6.86. The summed E-state index contributed by atoms with van der Waals surface area (Å²) in [5.41, 5.74) is 0.623. The van der Waals surface area contributed by atoms with Crippen molar-refractivity contribution in [2.75, 3.05) is 45.8 Å². The number of carbonyl (C=O) groups is 2. The molecule has 2 fully saturated rings. The molecule has 1 aromatic rings. The molecule has 136 valence electrons. The van der Waals surface area contributed by atoms with Crippen molar-refractivity contribution in [3.63, 3.8) is 0 Å². The van der Waals surface area contributed by atoms with Crippen LogP contribution in [0.1, 0.15) is 30.9 Å². The molecule has 0 bridgehead atoms. The number of likely N-dealkylation sites (tertiary alicyclic amines) is 1. The van der Waals surface area contributed by atoms with E-state index in [9.17, 15) is 14.7 Å². The van der Waals surface area contributed by atoms with Crippen LogP contribution in [0.3, 0.4) is 0 Å². The maximum atomic E-state index is 12.6. The Bertz CT molecular complexity index is 587. The van der Waals surface area contributed by atoms with Crippen LogP contribution in [0, 0.1) is 0 Å². The number of carbonyl (C=O) groups excluding carboxylic acids is 2. The molecular weight excluding hydrogens is 318 g/mol. The molecule has 2 aliphatic rings. The molecule has 1 atom stereocenters. The second-order valence-corrected chi connectivity index (χ2v) is 6.86. The highest BCUT2D eigenvalue weighted by Crippen LogP contribution is 2.17. The minimum Gasteiger partial charge on any atom is -0.378 e. The van der Waals surface area contributed by atoms with Gasteiger partial charge in [-0.25, -0.2) is 0 Å². The zero-order valence-electron chi connectivity index (χ0n) is 14.6. The number of rotatable bonds is 4. The number of hydrogen-bond donors (Lipinski definition) is 1. The molecule has 2 amide bonds. The van der Waals surface area contributed by atoms with Crippen LogP contribution in [-0.2, 0) is 9.59 Å². The quantitative estimate of drug-likeness (QED) is 0.880. The number of benzene rings is 1. The summed E-state index contributed by atoms with van der Waals surface area (Å²) in [5, 5.41) is 10.3. The van der Waals surface area contributed by atoms with Gasteiger partial charge in [0.25, 0.3) is 5.91 Å². The normalized spacial score (nSPS) is 20.4. The van der Waals surface area contributed by atoms with E-state index in [1.54, 1.807) is 17.0 Å². The molecule has 0 aliphatic carbocycles. The zero-order chi connectivity index (χ0) is 17.6. The van der Waals surface area contributed by atoms with Crippen molar-refractivity contribution in [1.29, 1.82) is 0 Å². The van der Waals surface area contributed by atoms with Gasteiger partial charge in [0.05, 0.1) is 6.54 Å². The van der Waals surface area contributed by atoms with Crippen molar-refractivity contribution >= 4 is 11.8 Å². The Kier molecular flexibility index (Phi) is 6.04. The molecule has 0 aromatic heterocycles. The molecule has 6 nitrogen and oxygen atoms in total. The lowest BCUT2D eigenvalue weighted by Crippen LogP contribution is -2.41. The third kappa shape index (κ3) is 4.58. The third-order valence-corrected chi connectivity index (χ3v) is 5.07. The summed E-state index contributed by atoms with van der Waals surface area (Å²) >= 11 is 0. The summed E-state index contributed by atoms with van der Waals surface area (Å²) in [6, 6.07) is 9.03. The molecule has 2 saturated heterocycles. The van der Waals surface area contributed by atoms with Gasteiger partial charge in [0.1, 0.15) is 0 Å². The van der Waals surface area contributed by atoms with Gasteiger partial charge in [-0.05, 0) is 24.8 Å². The number of aliphatic hydroxyl groups is 1. The van der Waals surface area contributed by atoms with E-state index in [4.69, 9.17) is 0 Å². The van der Waals surface area contributed by atoms with Crippen molar-refractivity contribution in [1.82, 2.24) is 14.7 Å². The van der Waals surface area contributed by atoms with E-state index in [0.29, 0.717) is 31.7 Å². The van der Waals surface area contributed by atoms with E-state index in [0.717, 1.165) is 38.9 Å². The summed E-state index contributed by atoms with van der Waals surface area (Å²) in [5.74, 6) is -0.0551. The van der Waals surface area contributed by atoms with E-state index in [1.165, 1.54) is 0 Å². The van der Waals surface area contributed by atoms with Gasteiger partial charge in [-0.2, -0.15) is 0 Å². The van der Waals surface area contributed by atoms with E-state index in [2.05, 4.69) is 4.90 Å². The first kappa shape index (κ1) is 17.9. The molecule has 1 aromatic carbocycles. The van der Waals surface area contributed by atoms with Crippen molar-refractivity contribution in [2.45, 2.75) is 25.4 Å². The largest absolute Gasteiger partial charge is 0.378 e. The van der Waals surface area contributed by atoms with Crippen molar-refractivity contribution < 1.29 is 14.7 Å². The van der Waals surface area contributed by atoms with Crippen LogP contribution < -0.4 is 0 Å². The van der Waals surface area contributed by atoms with E-state index >= 15 is 0 Å². The van der Waals surface area contributed by atoms with Gasteiger partial charge in [-0.1, -0.05) is 30.3 Å². The highest BCUT2D eigenvalue weighted by molar-refractivity contribution is 5.82. The Morgan fingerprint density at radius 2 is 1.56 bits per heavy atom. The Labute approximate surface area is 149 Å². The van der Waals surface area contributed by atoms with Gasteiger partial charge in [0, 0.05) is 39.3 Å². The third-order valence-electron chi connectivity index (χ3n) is 5.07. The number of nitrogens with zero attached hydrogens (tertiary/aromatic N) is 3. The fourth-order valence-corrected chi connectivity index (χ4v) is 3.56. The lowest BCUT2D eigenvalue weighted by Gasteiger charge is -2.25. The highest BCUT2D eigenvalue weighted by atomic mass is 16.3. The predicted molar refractivity (Wildman–Crippen MR) is 94.9 cm³/mol. The van der Waals surface area contributed by atoms with E-state index < -0.39 is 6.10 Å². The van der Waals surface area contributed by atoms with Crippen LogP contribution >= 0.6 is 0 Å². The highest BCUT2D eigenvalue weighted by Gasteiger charge is 2.27. The first-order chi connectivity index (χ1) is 12.1. The van der Waals surface area contributed by atoms with Gasteiger partial charge in [-0.3, -0.25) is 14.5 Å². The molecule has 0 spiro atoms. The number of amides is 2. The second kappa shape index (κ2) is 8.45. The molecule has 0 radical (unpaired) electrons. The molecule has 0 unspecified atom stereocenters. The summed E-state index contributed by atoms with van der Waals surface area (Å²) in [7, 11) is 0. The molecule has 25 heavy (non-hydrogen) atoms. The first-order valence-corrected chi connectivity index (χ1v) is 9.17. The Hall–Kier alpha value is -1.92. The summed E-state index contributed by atoms with van der Waals surface area (Å²) in [6.45, 7) is 4.84. The molecule has 0 saturated carbocycles. The topological polar surface area (TPSA) is 64.1 Å². The van der Waals surface area contributed by atoms with Crippen molar-refractivity contribution in [3.05, 3.63) is 35.9 Å². The van der Waals surface area contributed by atoms with Gasteiger partial charge >= 0.3 is 0 Å².